The molecule has 104 valence electrons. The standard InChI is InChI=1S/C14H15BrN4O/c1-10(19-9-16-8-17-19)14(20)18-6-5-12-11(7-18)3-2-4-13(12)15/h2-4,8-10H,5-7H2,1H3. The Bertz CT molecular complexity index is 626. The van der Waals surface area contributed by atoms with Gasteiger partial charge in [0.25, 0.3) is 0 Å². The second kappa shape index (κ2) is 5.36. The Morgan fingerprint density at radius 3 is 3.05 bits per heavy atom. The number of benzene rings is 1. The van der Waals surface area contributed by atoms with Crippen molar-refractivity contribution >= 4 is 21.8 Å². The lowest BCUT2D eigenvalue weighted by atomic mass is 9.99. The van der Waals surface area contributed by atoms with Crippen molar-refractivity contribution in [2.75, 3.05) is 6.54 Å². The monoisotopic (exact) mass is 334 g/mol. The highest BCUT2D eigenvalue weighted by atomic mass is 79.9. The SMILES string of the molecule is CC(C(=O)N1CCc2c(Br)cccc2C1)n1cncn1. The molecule has 0 spiro atoms. The van der Waals surface area contributed by atoms with Crippen molar-refractivity contribution in [1.29, 1.82) is 0 Å². The van der Waals surface area contributed by atoms with E-state index in [0.717, 1.165) is 17.4 Å². The third-order valence-corrected chi connectivity index (χ3v) is 4.45. The maximum atomic E-state index is 12.5. The molecule has 2 heterocycles. The van der Waals surface area contributed by atoms with Crippen LogP contribution >= 0.6 is 15.9 Å². The van der Waals surface area contributed by atoms with Gasteiger partial charge in [-0.2, -0.15) is 5.10 Å². The molecule has 1 aliphatic heterocycles. The number of carbonyl (C=O) groups excluding carboxylic acids is 1. The Kier molecular flexibility index (Phi) is 3.56. The Morgan fingerprint density at radius 2 is 2.30 bits per heavy atom. The topological polar surface area (TPSA) is 51.0 Å². The summed E-state index contributed by atoms with van der Waals surface area (Å²) >= 11 is 3.57. The third kappa shape index (κ3) is 2.35. The average molecular weight is 335 g/mol. The fourth-order valence-corrected chi connectivity index (χ4v) is 3.15. The smallest absolute Gasteiger partial charge is 0.247 e. The number of carbonyl (C=O) groups is 1. The van der Waals surface area contributed by atoms with Gasteiger partial charge in [-0.25, -0.2) is 9.67 Å². The Hall–Kier alpha value is -1.69. The molecule has 1 aliphatic rings. The van der Waals surface area contributed by atoms with Gasteiger partial charge >= 0.3 is 0 Å². The number of fused-ring (bicyclic) bond motifs is 1. The quantitative estimate of drug-likeness (QED) is 0.845. The van der Waals surface area contributed by atoms with Crippen molar-refractivity contribution < 1.29 is 4.79 Å². The fraction of sp³-hybridized carbons (Fsp3) is 0.357. The lowest BCUT2D eigenvalue weighted by Gasteiger charge is -2.31. The summed E-state index contributed by atoms with van der Waals surface area (Å²) in [5.41, 5.74) is 2.52. The van der Waals surface area contributed by atoms with Gasteiger partial charge in [-0.3, -0.25) is 4.79 Å². The van der Waals surface area contributed by atoms with Crippen LogP contribution in [0.5, 0.6) is 0 Å². The van der Waals surface area contributed by atoms with Crippen LogP contribution in [-0.2, 0) is 17.8 Å². The van der Waals surface area contributed by atoms with Gasteiger partial charge in [-0.15, -0.1) is 0 Å². The van der Waals surface area contributed by atoms with E-state index in [0.29, 0.717) is 6.54 Å². The van der Waals surface area contributed by atoms with Gasteiger partial charge in [0.05, 0.1) is 0 Å². The van der Waals surface area contributed by atoms with Crippen LogP contribution in [0.3, 0.4) is 0 Å². The van der Waals surface area contributed by atoms with E-state index in [1.54, 1.807) is 11.0 Å². The largest absolute Gasteiger partial charge is 0.336 e. The lowest BCUT2D eigenvalue weighted by Crippen LogP contribution is -2.40. The molecule has 0 saturated carbocycles. The molecule has 1 unspecified atom stereocenters. The summed E-state index contributed by atoms with van der Waals surface area (Å²) in [6, 6.07) is 5.83. The lowest BCUT2D eigenvalue weighted by molar-refractivity contribution is -0.135. The number of rotatable bonds is 2. The molecule has 20 heavy (non-hydrogen) atoms. The van der Waals surface area contributed by atoms with Crippen molar-refractivity contribution in [2.24, 2.45) is 0 Å². The fourth-order valence-electron chi connectivity index (χ4n) is 2.55. The zero-order chi connectivity index (χ0) is 14.1. The highest BCUT2D eigenvalue weighted by Crippen LogP contribution is 2.27. The van der Waals surface area contributed by atoms with Crippen LogP contribution in [0.25, 0.3) is 0 Å². The Morgan fingerprint density at radius 1 is 1.45 bits per heavy atom. The second-order valence-corrected chi connectivity index (χ2v) is 5.79. The summed E-state index contributed by atoms with van der Waals surface area (Å²) in [7, 11) is 0. The van der Waals surface area contributed by atoms with Gasteiger partial charge in [-0.05, 0) is 30.5 Å². The maximum absolute atomic E-state index is 12.5. The molecule has 0 radical (unpaired) electrons. The van der Waals surface area contributed by atoms with Gasteiger partial charge in [0.15, 0.2) is 0 Å². The van der Waals surface area contributed by atoms with Crippen molar-refractivity contribution in [2.45, 2.75) is 25.9 Å². The minimum Gasteiger partial charge on any atom is -0.336 e. The van der Waals surface area contributed by atoms with E-state index >= 15 is 0 Å². The van der Waals surface area contributed by atoms with Gasteiger partial charge in [0.2, 0.25) is 5.91 Å². The van der Waals surface area contributed by atoms with Crippen LogP contribution in [0.4, 0.5) is 0 Å². The van der Waals surface area contributed by atoms with E-state index in [1.807, 2.05) is 24.0 Å². The summed E-state index contributed by atoms with van der Waals surface area (Å²) < 4.78 is 2.73. The van der Waals surface area contributed by atoms with Gasteiger partial charge in [0.1, 0.15) is 18.7 Å². The van der Waals surface area contributed by atoms with Crippen LogP contribution in [-0.4, -0.2) is 32.1 Å². The third-order valence-electron chi connectivity index (χ3n) is 3.71. The molecule has 0 fully saturated rings. The summed E-state index contributed by atoms with van der Waals surface area (Å²) in [5.74, 6) is 0.0844. The molecular weight excluding hydrogens is 320 g/mol. The first-order valence-electron chi connectivity index (χ1n) is 6.56. The van der Waals surface area contributed by atoms with E-state index < -0.39 is 0 Å². The summed E-state index contributed by atoms with van der Waals surface area (Å²) in [5, 5.41) is 4.04. The molecule has 3 rings (SSSR count). The predicted molar refractivity (Wildman–Crippen MR) is 78.0 cm³/mol. The molecule has 0 N–H and O–H groups in total. The Balaban J connectivity index is 1.78. The van der Waals surface area contributed by atoms with Crippen molar-refractivity contribution in [1.82, 2.24) is 19.7 Å². The predicted octanol–water partition coefficient (Wildman–Crippen LogP) is 2.19. The first-order chi connectivity index (χ1) is 9.66. The number of amides is 1. The van der Waals surface area contributed by atoms with Gasteiger partial charge in [-0.1, -0.05) is 28.1 Å². The number of halogens is 1. The van der Waals surface area contributed by atoms with Crippen LogP contribution < -0.4 is 0 Å². The maximum Gasteiger partial charge on any atom is 0.247 e. The van der Waals surface area contributed by atoms with Crippen LogP contribution in [0.15, 0.2) is 35.3 Å². The summed E-state index contributed by atoms with van der Waals surface area (Å²) in [4.78, 5) is 18.3. The highest BCUT2D eigenvalue weighted by molar-refractivity contribution is 9.10. The molecule has 0 aliphatic carbocycles. The number of hydrogen-bond acceptors (Lipinski definition) is 3. The van der Waals surface area contributed by atoms with Crippen LogP contribution in [0, 0.1) is 0 Å². The minimum absolute atomic E-state index is 0.0844. The normalized spacial score (nSPS) is 15.8. The van der Waals surface area contributed by atoms with Crippen molar-refractivity contribution in [3.8, 4) is 0 Å². The first-order valence-corrected chi connectivity index (χ1v) is 7.35. The zero-order valence-corrected chi connectivity index (χ0v) is 12.7. The van der Waals surface area contributed by atoms with E-state index in [-0.39, 0.29) is 11.9 Å². The molecule has 6 heteroatoms. The Labute approximate surface area is 125 Å². The second-order valence-electron chi connectivity index (χ2n) is 4.94. The van der Waals surface area contributed by atoms with E-state index in [9.17, 15) is 4.79 Å². The van der Waals surface area contributed by atoms with E-state index in [1.165, 1.54) is 17.5 Å². The summed E-state index contributed by atoms with van der Waals surface area (Å²) in [6.07, 6.45) is 3.91. The van der Waals surface area contributed by atoms with Crippen LogP contribution in [0.2, 0.25) is 0 Å². The molecule has 0 saturated heterocycles. The van der Waals surface area contributed by atoms with Crippen molar-refractivity contribution in [3.63, 3.8) is 0 Å². The van der Waals surface area contributed by atoms with Gasteiger partial charge < -0.3 is 4.90 Å². The van der Waals surface area contributed by atoms with Crippen molar-refractivity contribution in [3.05, 3.63) is 46.5 Å². The molecule has 1 atom stereocenters. The highest BCUT2D eigenvalue weighted by Gasteiger charge is 2.26. The molecule has 5 nitrogen and oxygen atoms in total. The average Bonchev–Trinajstić information content (AvgIpc) is 3.00. The molecular formula is C14H15BrN4O. The van der Waals surface area contributed by atoms with Gasteiger partial charge in [0, 0.05) is 17.6 Å². The van der Waals surface area contributed by atoms with E-state index in [4.69, 9.17) is 0 Å². The minimum atomic E-state index is -0.314. The molecule has 0 bridgehead atoms. The summed E-state index contributed by atoms with van der Waals surface area (Å²) in [6.45, 7) is 3.26. The molecule has 1 aromatic carbocycles. The van der Waals surface area contributed by atoms with Crippen LogP contribution in [0.1, 0.15) is 24.1 Å². The van der Waals surface area contributed by atoms with E-state index in [2.05, 4.69) is 32.1 Å². The molecule has 1 aromatic heterocycles. The number of nitrogens with zero attached hydrogens (tertiary/aromatic N) is 4. The molecule has 1 amide bonds. The first kappa shape index (κ1) is 13.3. The zero-order valence-electron chi connectivity index (χ0n) is 11.2. The number of hydrogen-bond donors (Lipinski definition) is 0. The molecule has 2 aromatic rings. The number of aromatic nitrogens is 3.